The Labute approximate surface area is 116 Å². The molecule has 1 aliphatic carbocycles. The van der Waals surface area contributed by atoms with Gasteiger partial charge in [0.1, 0.15) is 0 Å². The number of nitro groups is 1. The second-order valence-electron chi connectivity index (χ2n) is 5.28. The van der Waals surface area contributed by atoms with Gasteiger partial charge in [-0.1, -0.05) is 38.0 Å². The quantitative estimate of drug-likeness (QED) is 0.683. The lowest BCUT2D eigenvalue weighted by atomic mass is 9.78. The second kappa shape index (κ2) is 5.69. The van der Waals surface area contributed by atoms with Crippen LogP contribution in [0.2, 0.25) is 0 Å². The van der Waals surface area contributed by atoms with E-state index in [4.69, 9.17) is 0 Å². The van der Waals surface area contributed by atoms with Gasteiger partial charge in [0.15, 0.2) is 0 Å². The van der Waals surface area contributed by atoms with E-state index in [1.165, 1.54) is 12.5 Å². The molecule has 5 nitrogen and oxygen atoms in total. The summed E-state index contributed by atoms with van der Waals surface area (Å²) in [6, 6.07) is 1.52. The van der Waals surface area contributed by atoms with E-state index < -0.39 is 4.92 Å². The summed E-state index contributed by atoms with van der Waals surface area (Å²) in [5, 5.41) is 15.2. The standard InChI is InChI=1S/C13H18N2O3S/c1-8-4-3-5-11(9(8)2)14-13(16)10-6-12(15(17)18)19-7-10/h6-9,11H,3-5H2,1-2H3,(H,14,16). The lowest BCUT2D eigenvalue weighted by Crippen LogP contribution is -2.43. The Bertz CT molecular complexity index is 486. The van der Waals surface area contributed by atoms with E-state index in [1.807, 2.05) is 0 Å². The van der Waals surface area contributed by atoms with Crippen molar-refractivity contribution in [3.8, 4) is 0 Å². The Hall–Kier alpha value is -1.43. The van der Waals surface area contributed by atoms with Crippen molar-refractivity contribution in [1.82, 2.24) is 5.32 Å². The van der Waals surface area contributed by atoms with Crippen LogP contribution in [0.25, 0.3) is 0 Å². The third kappa shape index (κ3) is 3.12. The molecule has 0 aromatic carbocycles. The van der Waals surface area contributed by atoms with E-state index in [2.05, 4.69) is 19.2 Å². The Kier molecular flexibility index (Phi) is 4.19. The zero-order chi connectivity index (χ0) is 14.0. The second-order valence-corrected chi connectivity index (χ2v) is 6.17. The fourth-order valence-corrected chi connectivity index (χ4v) is 3.28. The molecule has 0 aliphatic heterocycles. The molecule has 1 amide bonds. The van der Waals surface area contributed by atoms with Crippen molar-refractivity contribution in [1.29, 1.82) is 0 Å². The normalized spacial score (nSPS) is 26.9. The summed E-state index contributed by atoms with van der Waals surface area (Å²) < 4.78 is 0. The predicted molar refractivity (Wildman–Crippen MR) is 74.4 cm³/mol. The van der Waals surface area contributed by atoms with E-state index in [1.54, 1.807) is 5.38 Å². The highest BCUT2D eigenvalue weighted by Gasteiger charge is 2.28. The van der Waals surface area contributed by atoms with Crippen LogP contribution in [-0.4, -0.2) is 16.9 Å². The van der Waals surface area contributed by atoms with Gasteiger partial charge < -0.3 is 5.32 Å². The van der Waals surface area contributed by atoms with Crippen LogP contribution in [0.15, 0.2) is 11.4 Å². The molecule has 0 radical (unpaired) electrons. The molecule has 1 aliphatic rings. The molecule has 3 unspecified atom stereocenters. The molecule has 0 saturated heterocycles. The monoisotopic (exact) mass is 282 g/mol. The maximum absolute atomic E-state index is 12.1. The first-order chi connectivity index (χ1) is 8.99. The average molecular weight is 282 g/mol. The molecule has 0 bridgehead atoms. The maximum atomic E-state index is 12.1. The molecule has 3 atom stereocenters. The van der Waals surface area contributed by atoms with Crippen LogP contribution in [0, 0.1) is 22.0 Å². The lowest BCUT2D eigenvalue weighted by molar-refractivity contribution is -0.380. The number of carbonyl (C=O) groups is 1. The highest BCUT2D eigenvalue weighted by molar-refractivity contribution is 7.13. The van der Waals surface area contributed by atoms with Gasteiger partial charge in [-0.3, -0.25) is 14.9 Å². The van der Waals surface area contributed by atoms with Crippen LogP contribution in [0.1, 0.15) is 43.5 Å². The largest absolute Gasteiger partial charge is 0.349 e. The highest BCUT2D eigenvalue weighted by atomic mass is 32.1. The third-order valence-corrected chi connectivity index (χ3v) is 4.93. The summed E-state index contributed by atoms with van der Waals surface area (Å²) in [5.41, 5.74) is 0.391. The van der Waals surface area contributed by atoms with Crippen molar-refractivity contribution < 1.29 is 9.72 Å². The summed E-state index contributed by atoms with van der Waals surface area (Å²) in [4.78, 5) is 22.2. The van der Waals surface area contributed by atoms with Gasteiger partial charge in [-0.2, -0.15) is 0 Å². The van der Waals surface area contributed by atoms with Crippen LogP contribution < -0.4 is 5.32 Å². The molecule has 1 aromatic heterocycles. The molecular weight excluding hydrogens is 264 g/mol. The minimum atomic E-state index is -0.466. The number of hydrogen-bond acceptors (Lipinski definition) is 4. The summed E-state index contributed by atoms with van der Waals surface area (Å²) in [7, 11) is 0. The third-order valence-electron chi connectivity index (χ3n) is 4.05. The van der Waals surface area contributed by atoms with Crippen LogP contribution in [0.4, 0.5) is 5.00 Å². The van der Waals surface area contributed by atoms with Crippen LogP contribution in [0.3, 0.4) is 0 Å². The molecule has 2 rings (SSSR count). The van der Waals surface area contributed by atoms with Gasteiger partial charge >= 0.3 is 5.00 Å². The molecule has 6 heteroatoms. The van der Waals surface area contributed by atoms with Gasteiger partial charge in [0.25, 0.3) is 5.91 Å². The molecular formula is C13H18N2O3S. The Morgan fingerprint density at radius 2 is 2.21 bits per heavy atom. The topological polar surface area (TPSA) is 72.2 Å². The number of nitrogens with one attached hydrogen (secondary N) is 1. The zero-order valence-corrected chi connectivity index (χ0v) is 11.9. The molecule has 1 fully saturated rings. The van der Waals surface area contributed by atoms with Crippen molar-refractivity contribution in [2.45, 2.75) is 39.2 Å². The summed E-state index contributed by atoms with van der Waals surface area (Å²) in [6.07, 6.45) is 3.32. The predicted octanol–water partition coefficient (Wildman–Crippen LogP) is 3.21. The first-order valence-corrected chi connectivity index (χ1v) is 7.40. The van der Waals surface area contributed by atoms with Gasteiger partial charge in [0.2, 0.25) is 0 Å². The number of rotatable bonds is 3. The number of thiophene rings is 1. The summed E-state index contributed by atoms with van der Waals surface area (Å²) in [6.45, 7) is 4.36. The van der Waals surface area contributed by atoms with E-state index in [0.717, 1.165) is 24.2 Å². The number of amides is 1. The van der Waals surface area contributed by atoms with Gasteiger partial charge in [-0.15, -0.1) is 0 Å². The lowest BCUT2D eigenvalue weighted by Gasteiger charge is -2.34. The SMILES string of the molecule is CC1CCCC(NC(=O)c2csc([N+](=O)[O-])c2)C1C. The molecule has 1 aromatic rings. The van der Waals surface area contributed by atoms with E-state index in [-0.39, 0.29) is 17.0 Å². The van der Waals surface area contributed by atoms with Gasteiger partial charge in [-0.05, 0) is 18.3 Å². The van der Waals surface area contributed by atoms with Crippen molar-refractivity contribution in [2.24, 2.45) is 11.8 Å². The Morgan fingerprint density at radius 1 is 1.47 bits per heavy atom. The first-order valence-electron chi connectivity index (χ1n) is 6.53. The first kappa shape index (κ1) is 14.0. The number of nitrogens with zero attached hydrogens (tertiary/aromatic N) is 1. The molecule has 19 heavy (non-hydrogen) atoms. The summed E-state index contributed by atoms with van der Waals surface area (Å²) in [5.74, 6) is 0.859. The van der Waals surface area contributed by atoms with Gasteiger partial charge in [-0.25, -0.2) is 0 Å². The van der Waals surface area contributed by atoms with Crippen LogP contribution in [-0.2, 0) is 0 Å². The van der Waals surface area contributed by atoms with Crippen molar-refractivity contribution in [2.75, 3.05) is 0 Å². The van der Waals surface area contributed by atoms with E-state index >= 15 is 0 Å². The minimum absolute atomic E-state index is 0.00945. The molecule has 1 saturated carbocycles. The van der Waals surface area contributed by atoms with E-state index in [9.17, 15) is 14.9 Å². The average Bonchev–Trinajstić information content (AvgIpc) is 2.84. The smallest absolute Gasteiger partial charge is 0.324 e. The maximum Gasteiger partial charge on any atom is 0.324 e. The molecule has 104 valence electrons. The van der Waals surface area contributed by atoms with Crippen molar-refractivity contribution in [3.05, 3.63) is 27.1 Å². The molecule has 1 N–H and O–H groups in total. The molecule has 0 spiro atoms. The fraction of sp³-hybridized carbons (Fsp3) is 0.615. The Morgan fingerprint density at radius 3 is 2.84 bits per heavy atom. The fourth-order valence-electron chi connectivity index (χ4n) is 2.58. The number of hydrogen-bond donors (Lipinski definition) is 1. The summed E-state index contributed by atoms with van der Waals surface area (Å²) >= 11 is 0.989. The van der Waals surface area contributed by atoms with E-state index in [0.29, 0.717) is 17.4 Å². The number of carbonyl (C=O) groups excluding carboxylic acids is 1. The van der Waals surface area contributed by atoms with Gasteiger partial charge in [0.05, 0.1) is 10.5 Å². The minimum Gasteiger partial charge on any atom is -0.349 e. The van der Waals surface area contributed by atoms with Crippen molar-refractivity contribution in [3.63, 3.8) is 0 Å². The molecule has 1 heterocycles. The van der Waals surface area contributed by atoms with Crippen LogP contribution >= 0.6 is 11.3 Å². The Balaban J connectivity index is 2.01. The zero-order valence-electron chi connectivity index (χ0n) is 11.1. The van der Waals surface area contributed by atoms with Crippen LogP contribution in [0.5, 0.6) is 0 Å². The van der Waals surface area contributed by atoms with Crippen molar-refractivity contribution >= 4 is 22.2 Å². The highest BCUT2D eigenvalue weighted by Crippen LogP contribution is 2.30. The van der Waals surface area contributed by atoms with Gasteiger partial charge in [0, 0.05) is 17.5 Å².